The number of methoxy groups -OCH3 is 1. The van der Waals surface area contributed by atoms with Crippen LogP contribution in [0.3, 0.4) is 0 Å². The molecule has 3 rings (SSSR count). The molecule has 2 aromatic rings. The summed E-state index contributed by atoms with van der Waals surface area (Å²) in [6, 6.07) is 13.3. The standard InChI is InChI=1S/C21H23N3O5/c1-29-18-7-5-16(6-8-18)24-13-14(11-20(24)27)21(28)22-10-9-19(26)23-15-3-2-4-17(25)12-15/h2-8,12,14,25H,9-11,13H2,1H3,(H,22,28)(H,23,26). The summed E-state index contributed by atoms with van der Waals surface area (Å²) in [7, 11) is 1.57. The van der Waals surface area contributed by atoms with Gasteiger partial charge in [0.05, 0.1) is 13.0 Å². The summed E-state index contributed by atoms with van der Waals surface area (Å²) in [6.07, 6.45) is 0.220. The lowest BCUT2D eigenvalue weighted by atomic mass is 10.1. The molecule has 1 aliphatic rings. The van der Waals surface area contributed by atoms with Crippen molar-refractivity contribution < 1.29 is 24.2 Å². The first kappa shape index (κ1) is 20.2. The van der Waals surface area contributed by atoms with Crippen molar-refractivity contribution in [1.82, 2.24) is 5.32 Å². The predicted octanol–water partition coefficient (Wildman–Crippen LogP) is 1.90. The lowest BCUT2D eigenvalue weighted by molar-refractivity contribution is -0.126. The molecule has 1 saturated heterocycles. The smallest absolute Gasteiger partial charge is 0.227 e. The number of phenolic OH excluding ortho intramolecular Hbond substituents is 1. The van der Waals surface area contributed by atoms with Crippen LogP contribution in [0.2, 0.25) is 0 Å². The van der Waals surface area contributed by atoms with E-state index in [0.29, 0.717) is 18.0 Å². The van der Waals surface area contributed by atoms with E-state index in [1.807, 2.05) is 0 Å². The molecule has 1 atom stereocenters. The molecule has 29 heavy (non-hydrogen) atoms. The van der Waals surface area contributed by atoms with E-state index in [4.69, 9.17) is 4.74 Å². The summed E-state index contributed by atoms with van der Waals surface area (Å²) in [5.74, 6) is -0.351. The Morgan fingerprint density at radius 3 is 2.66 bits per heavy atom. The van der Waals surface area contributed by atoms with Gasteiger partial charge in [0.25, 0.3) is 0 Å². The van der Waals surface area contributed by atoms with E-state index in [-0.39, 0.29) is 42.9 Å². The third-order valence-electron chi connectivity index (χ3n) is 4.66. The second kappa shape index (κ2) is 9.09. The fraction of sp³-hybridized carbons (Fsp3) is 0.286. The second-order valence-corrected chi connectivity index (χ2v) is 6.74. The van der Waals surface area contributed by atoms with E-state index in [1.165, 1.54) is 12.1 Å². The third-order valence-corrected chi connectivity index (χ3v) is 4.66. The molecule has 3 N–H and O–H groups in total. The Balaban J connectivity index is 1.46. The molecule has 3 amide bonds. The minimum atomic E-state index is -0.460. The zero-order chi connectivity index (χ0) is 20.8. The SMILES string of the molecule is COc1ccc(N2CC(C(=O)NCCC(=O)Nc3cccc(O)c3)CC2=O)cc1. The van der Waals surface area contributed by atoms with Crippen LogP contribution >= 0.6 is 0 Å². The summed E-state index contributed by atoms with van der Waals surface area (Å²) >= 11 is 0. The Kier molecular flexibility index (Phi) is 6.33. The molecular weight excluding hydrogens is 374 g/mol. The number of rotatable bonds is 7. The quantitative estimate of drug-likeness (QED) is 0.661. The number of phenols is 1. The number of nitrogens with zero attached hydrogens (tertiary/aromatic N) is 1. The molecule has 1 unspecified atom stereocenters. The molecule has 0 aliphatic carbocycles. The summed E-state index contributed by atoms with van der Waals surface area (Å²) in [4.78, 5) is 38.2. The van der Waals surface area contributed by atoms with Crippen LogP contribution in [0, 0.1) is 5.92 Å². The van der Waals surface area contributed by atoms with Crippen molar-refractivity contribution in [3.8, 4) is 11.5 Å². The van der Waals surface area contributed by atoms with Crippen molar-refractivity contribution >= 4 is 29.1 Å². The monoisotopic (exact) mass is 397 g/mol. The topological polar surface area (TPSA) is 108 Å². The number of ether oxygens (including phenoxy) is 1. The molecule has 1 aliphatic heterocycles. The number of carbonyl (C=O) groups is 3. The summed E-state index contributed by atoms with van der Waals surface area (Å²) in [5, 5.41) is 14.8. The molecule has 0 aromatic heterocycles. The fourth-order valence-electron chi connectivity index (χ4n) is 3.15. The molecule has 0 bridgehead atoms. The van der Waals surface area contributed by atoms with E-state index in [2.05, 4.69) is 10.6 Å². The zero-order valence-electron chi connectivity index (χ0n) is 16.1. The van der Waals surface area contributed by atoms with Gasteiger partial charge in [-0.1, -0.05) is 6.07 Å². The second-order valence-electron chi connectivity index (χ2n) is 6.74. The molecule has 0 saturated carbocycles. The number of hydrogen-bond acceptors (Lipinski definition) is 5. The number of hydrogen-bond donors (Lipinski definition) is 3. The number of aromatic hydroxyl groups is 1. The largest absolute Gasteiger partial charge is 0.508 e. The highest BCUT2D eigenvalue weighted by atomic mass is 16.5. The molecule has 0 spiro atoms. The molecule has 2 aromatic carbocycles. The molecule has 8 nitrogen and oxygen atoms in total. The normalized spacial score (nSPS) is 15.8. The first-order valence-corrected chi connectivity index (χ1v) is 9.27. The third kappa shape index (κ3) is 5.25. The maximum atomic E-state index is 12.4. The van der Waals surface area contributed by atoms with Gasteiger partial charge in [-0.3, -0.25) is 14.4 Å². The number of nitrogens with one attached hydrogen (secondary N) is 2. The van der Waals surface area contributed by atoms with E-state index in [9.17, 15) is 19.5 Å². The van der Waals surface area contributed by atoms with E-state index < -0.39 is 5.92 Å². The molecule has 1 heterocycles. The lowest BCUT2D eigenvalue weighted by Gasteiger charge is -2.17. The van der Waals surface area contributed by atoms with Gasteiger partial charge in [0.1, 0.15) is 11.5 Å². The molecular formula is C21H23N3O5. The predicted molar refractivity (Wildman–Crippen MR) is 108 cm³/mol. The first-order chi connectivity index (χ1) is 14.0. The van der Waals surface area contributed by atoms with Crippen molar-refractivity contribution in [2.24, 2.45) is 5.92 Å². The zero-order valence-corrected chi connectivity index (χ0v) is 16.1. The van der Waals surface area contributed by atoms with Gasteiger partial charge >= 0.3 is 0 Å². The Morgan fingerprint density at radius 1 is 1.21 bits per heavy atom. The van der Waals surface area contributed by atoms with Gasteiger partial charge < -0.3 is 25.4 Å². The van der Waals surface area contributed by atoms with E-state index >= 15 is 0 Å². The van der Waals surface area contributed by atoms with Crippen LogP contribution in [0.25, 0.3) is 0 Å². The Labute approximate surface area is 168 Å². The first-order valence-electron chi connectivity index (χ1n) is 9.27. The fourth-order valence-corrected chi connectivity index (χ4v) is 3.15. The van der Waals surface area contributed by atoms with Crippen molar-refractivity contribution in [3.63, 3.8) is 0 Å². The van der Waals surface area contributed by atoms with E-state index in [0.717, 1.165) is 5.69 Å². The maximum Gasteiger partial charge on any atom is 0.227 e. The summed E-state index contributed by atoms with van der Waals surface area (Å²) in [5.41, 5.74) is 1.20. The van der Waals surface area contributed by atoms with Crippen LogP contribution in [0.5, 0.6) is 11.5 Å². The highest BCUT2D eigenvalue weighted by molar-refractivity contribution is 6.00. The van der Waals surface area contributed by atoms with Gasteiger partial charge in [-0.25, -0.2) is 0 Å². The van der Waals surface area contributed by atoms with Gasteiger partial charge in [-0.2, -0.15) is 0 Å². The highest BCUT2D eigenvalue weighted by Gasteiger charge is 2.35. The summed E-state index contributed by atoms with van der Waals surface area (Å²) < 4.78 is 5.11. The van der Waals surface area contributed by atoms with Crippen LogP contribution in [0.4, 0.5) is 11.4 Å². The number of amides is 3. The molecule has 1 fully saturated rings. The van der Waals surface area contributed by atoms with Crippen LogP contribution in [-0.4, -0.2) is 43.0 Å². The minimum absolute atomic E-state index is 0.0587. The molecule has 0 radical (unpaired) electrons. The lowest BCUT2D eigenvalue weighted by Crippen LogP contribution is -2.34. The van der Waals surface area contributed by atoms with Gasteiger partial charge in [-0.15, -0.1) is 0 Å². The highest BCUT2D eigenvalue weighted by Crippen LogP contribution is 2.26. The van der Waals surface area contributed by atoms with Crippen LogP contribution in [-0.2, 0) is 14.4 Å². The van der Waals surface area contributed by atoms with Gasteiger partial charge in [0.2, 0.25) is 17.7 Å². The van der Waals surface area contributed by atoms with Crippen molar-refractivity contribution in [2.75, 3.05) is 30.4 Å². The number of benzene rings is 2. The number of carbonyl (C=O) groups excluding carboxylic acids is 3. The van der Waals surface area contributed by atoms with Gasteiger partial charge in [-0.05, 0) is 36.4 Å². The summed E-state index contributed by atoms with van der Waals surface area (Å²) in [6.45, 7) is 0.462. The Morgan fingerprint density at radius 2 is 1.97 bits per heavy atom. The van der Waals surface area contributed by atoms with Crippen molar-refractivity contribution in [3.05, 3.63) is 48.5 Å². The van der Waals surface area contributed by atoms with Gasteiger partial charge in [0, 0.05) is 43.4 Å². The van der Waals surface area contributed by atoms with Crippen molar-refractivity contribution in [2.45, 2.75) is 12.8 Å². The Bertz CT molecular complexity index is 897. The maximum absolute atomic E-state index is 12.4. The van der Waals surface area contributed by atoms with E-state index in [1.54, 1.807) is 48.4 Å². The van der Waals surface area contributed by atoms with Gasteiger partial charge in [0.15, 0.2) is 0 Å². The minimum Gasteiger partial charge on any atom is -0.508 e. The molecule has 152 valence electrons. The number of anilines is 2. The Hall–Kier alpha value is -3.55. The van der Waals surface area contributed by atoms with Crippen LogP contribution in [0.1, 0.15) is 12.8 Å². The molecule has 8 heteroatoms. The average molecular weight is 397 g/mol. The van der Waals surface area contributed by atoms with Crippen LogP contribution in [0.15, 0.2) is 48.5 Å². The van der Waals surface area contributed by atoms with Crippen molar-refractivity contribution in [1.29, 1.82) is 0 Å². The average Bonchev–Trinajstić information content (AvgIpc) is 3.10. The van der Waals surface area contributed by atoms with Crippen LogP contribution < -0.4 is 20.3 Å².